The Bertz CT molecular complexity index is 520. The second-order valence-corrected chi connectivity index (χ2v) is 4.01. The molecule has 0 radical (unpaired) electrons. The fraction of sp³-hybridized carbons (Fsp3) is 0.125. The Morgan fingerprint density at radius 2 is 2.00 bits per heavy atom. The highest BCUT2D eigenvalue weighted by molar-refractivity contribution is 9.10. The van der Waals surface area contributed by atoms with Crippen LogP contribution >= 0.6 is 27.5 Å². The minimum Gasteiger partial charge on any atom is -0.293 e. The maximum Gasteiger partial charge on any atom is 0.450 e. The molecule has 0 N–H and O–H groups in total. The van der Waals surface area contributed by atoms with E-state index in [9.17, 15) is 13.2 Å². The van der Waals surface area contributed by atoms with Gasteiger partial charge in [-0.15, -0.1) is 0 Å². The zero-order valence-corrected chi connectivity index (χ0v) is 9.36. The second-order valence-electron chi connectivity index (χ2n) is 2.83. The van der Waals surface area contributed by atoms with Crippen molar-refractivity contribution in [3.63, 3.8) is 0 Å². The summed E-state index contributed by atoms with van der Waals surface area (Å²) in [5.41, 5.74) is 0.326. The number of halogens is 5. The molecule has 2 aromatic heterocycles. The molecule has 0 bridgehead atoms. The first-order chi connectivity index (χ1) is 6.89. The molecule has 2 heterocycles. The van der Waals surface area contributed by atoms with Crippen LogP contribution in [0.15, 0.2) is 22.9 Å². The quantitative estimate of drug-likeness (QED) is 0.724. The van der Waals surface area contributed by atoms with E-state index in [0.717, 1.165) is 4.40 Å². The van der Waals surface area contributed by atoms with Crippen LogP contribution in [0.5, 0.6) is 0 Å². The van der Waals surface area contributed by atoms with Crippen molar-refractivity contribution in [2.75, 3.05) is 0 Å². The van der Waals surface area contributed by atoms with Gasteiger partial charge in [-0.1, -0.05) is 11.6 Å². The standard InChI is InChI=1S/C8H3BrClF3N2/c9-6-5-2-1-4(10)3-15(5)7(14-6)8(11,12)13/h1-3H. The van der Waals surface area contributed by atoms with Gasteiger partial charge in [0.15, 0.2) is 0 Å². The summed E-state index contributed by atoms with van der Waals surface area (Å²) in [6, 6.07) is 2.97. The summed E-state index contributed by atoms with van der Waals surface area (Å²) in [6.45, 7) is 0. The summed E-state index contributed by atoms with van der Waals surface area (Å²) in [5.74, 6) is -0.994. The van der Waals surface area contributed by atoms with Crippen LogP contribution in [-0.2, 0) is 6.18 Å². The van der Waals surface area contributed by atoms with Gasteiger partial charge in [0.2, 0.25) is 5.82 Å². The molecule has 0 atom stereocenters. The number of fused-ring (bicyclic) bond motifs is 1. The minimum absolute atomic E-state index is 0.145. The molecule has 0 saturated carbocycles. The maximum atomic E-state index is 12.5. The van der Waals surface area contributed by atoms with Gasteiger partial charge in [-0.25, -0.2) is 4.98 Å². The smallest absolute Gasteiger partial charge is 0.293 e. The summed E-state index contributed by atoms with van der Waals surface area (Å²) in [4.78, 5) is 3.40. The summed E-state index contributed by atoms with van der Waals surface area (Å²) in [6.07, 6.45) is -3.32. The fourth-order valence-electron chi connectivity index (χ4n) is 1.22. The number of imidazole rings is 1. The predicted molar refractivity (Wildman–Crippen MR) is 52.9 cm³/mol. The average Bonchev–Trinajstić information content (AvgIpc) is 2.42. The van der Waals surface area contributed by atoms with Crippen LogP contribution in [0.4, 0.5) is 13.2 Å². The zero-order chi connectivity index (χ0) is 11.2. The molecule has 2 nitrogen and oxygen atoms in total. The van der Waals surface area contributed by atoms with Crippen LogP contribution < -0.4 is 0 Å². The summed E-state index contributed by atoms with van der Waals surface area (Å²) >= 11 is 8.58. The number of hydrogen-bond donors (Lipinski definition) is 0. The molecule has 15 heavy (non-hydrogen) atoms. The van der Waals surface area contributed by atoms with E-state index in [-0.39, 0.29) is 9.63 Å². The van der Waals surface area contributed by atoms with E-state index in [1.807, 2.05) is 0 Å². The van der Waals surface area contributed by atoms with Crippen molar-refractivity contribution >= 4 is 33.0 Å². The third-order valence-corrected chi connectivity index (χ3v) is 2.62. The Kier molecular flexibility index (Phi) is 2.42. The zero-order valence-electron chi connectivity index (χ0n) is 7.02. The number of alkyl halides is 3. The Labute approximate surface area is 95.8 Å². The number of hydrogen-bond acceptors (Lipinski definition) is 1. The molecule has 0 aliphatic rings. The van der Waals surface area contributed by atoms with E-state index in [1.54, 1.807) is 0 Å². The lowest BCUT2D eigenvalue weighted by Crippen LogP contribution is -2.10. The Morgan fingerprint density at radius 3 is 2.60 bits per heavy atom. The van der Waals surface area contributed by atoms with Crippen LogP contribution in [0.1, 0.15) is 5.82 Å². The monoisotopic (exact) mass is 298 g/mol. The largest absolute Gasteiger partial charge is 0.450 e. The first-order valence-corrected chi connectivity index (χ1v) is 4.97. The van der Waals surface area contributed by atoms with Gasteiger partial charge in [0.05, 0.1) is 10.5 Å². The van der Waals surface area contributed by atoms with E-state index >= 15 is 0 Å². The molecule has 0 aliphatic heterocycles. The van der Waals surface area contributed by atoms with Gasteiger partial charge in [0, 0.05) is 6.20 Å². The van der Waals surface area contributed by atoms with Crippen molar-refractivity contribution in [3.8, 4) is 0 Å². The molecule has 80 valence electrons. The van der Waals surface area contributed by atoms with Gasteiger partial charge in [0.1, 0.15) is 4.60 Å². The fourth-order valence-corrected chi connectivity index (χ4v) is 1.87. The molecule has 0 aromatic carbocycles. The van der Waals surface area contributed by atoms with Crippen molar-refractivity contribution < 1.29 is 13.2 Å². The molecule has 2 aromatic rings. The van der Waals surface area contributed by atoms with Crippen molar-refractivity contribution in [2.24, 2.45) is 0 Å². The lowest BCUT2D eigenvalue weighted by atomic mass is 10.4. The van der Waals surface area contributed by atoms with Gasteiger partial charge >= 0.3 is 6.18 Å². The first-order valence-electron chi connectivity index (χ1n) is 3.80. The van der Waals surface area contributed by atoms with Crippen molar-refractivity contribution in [3.05, 3.63) is 33.8 Å². The molecule has 0 amide bonds. The Hall–Kier alpha value is -0.750. The topological polar surface area (TPSA) is 17.3 Å². The van der Waals surface area contributed by atoms with E-state index in [2.05, 4.69) is 20.9 Å². The molecule has 0 fully saturated rings. The highest BCUT2D eigenvalue weighted by Crippen LogP contribution is 2.32. The minimum atomic E-state index is -4.50. The van der Waals surface area contributed by atoms with E-state index in [1.165, 1.54) is 18.3 Å². The van der Waals surface area contributed by atoms with Crippen LogP contribution in [0.25, 0.3) is 5.52 Å². The number of nitrogens with zero attached hydrogens (tertiary/aromatic N) is 2. The Morgan fingerprint density at radius 1 is 1.33 bits per heavy atom. The summed E-state index contributed by atoms with van der Waals surface area (Å²) < 4.78 is 38.6. The average molecular weight is 299 g/mol. The van der Waals surface area contributed by atoms with Crippen molar-refractivity contribution in [1.29, 1.82) is 0 Å². The maximum absolute atomic E-state index is 12.5. The van der Waals surface area contributed by atoms with Gasteiger partial charge in [-0.05, 0) is 28.1 Å². The first kappa shape index (κ1) is 10.8. The van der Waals surface area contributed by atoms with Crippen LogP contribution in [0.3, 0.4) is 0 Å². The number of aromatic nitrogens is 2. The molecule has 0 aliphatic carbocycles. The molecule has 0 spiro atoms. The van der Waals surface area contributed by atoms with Crippen molar-refractivity contribution in [1.82, 2.24) is 9.38 Å². The normalized spacial score (nSPS) is 12.3. The van der Waals surface area contributed by atoms with Gasteiger partial charge in [0.25, 0.3) is 0 Å². The van der Waals surface area contributed by atoms with E-state index in [0.29, 0.717) is 5.52 Å². The van der Waals surface area contributed by atoms with Gasteiger partial charge < -0.3 is 0 Å². The number of pyridine rings is 1. The van der Waals surface area contributed by atoms with E-state index < -0.39 is 12.0 Å². The van der Waals surface area contributed by atoms with E-state index in [4.69, 9.17) is 11.6 Å². The third-order valence-electron chi connectivity index (χ3n) is 1.81. The highest BCUT2D eigenvalue weighted by atomic mass is 79.9. The molecule has 0 saturated heterocycles. The highest BCUT2D eigenvalue weighted by Gasteiger charge is 2.36. The third kappa shape index (κ3) is 1.83. The number of rotatable bonds is 0. The lowest BCUT2D eigenvalue weighted by molar-refractivity contribution is -0.145. The predicted octanol–water partition coefficient (Wildman–Crippen LogP) is 3.77. The molecule has 7 heteroatoms. The molecular weight excluding hydrogens is 296 g/mol. The van der Waals surface area contributed by atoms with Gasteiger partial charge in [-0.3, -0.25) is 4.40 Å². The van der Waals surface area contributed by atoms with Crippen molar-refractivity contribution in [2.45, 2.75) is 6.18 Å². The van der Waals surface area contributed by atoms with Crippen LogP contribution in [0.2, 0.25) is 5.02 Å². The SMILES string of the molecule is FC(F)(F)c1nc(Br)c2ccc(Cl)cn12. The summed E-state index contributed by atoms with van der Waals surface area (Å²) in [5, 5.41) is 0.220. The lowest BCUT2D eigenvalue weighted by Gasteiger charge is -2.04. The molecular formula is C8H3BrClF3N2. The summed E-state index contributed by atoms with van der Waals surface area (Å²) in [7, 11) is 0. The van der Waals surface area contributed by atoms with Crippen LogP contribution in [-0.4, -0.2) is 9.38 Å². The molecule has 0 unspecified atom stereocenters. The second kappa shape index (κ2) is 3.38. The van der Waals surface area contributed by atoms with Crippen LogP contribution in [0, 0.1) is 0 Å². The molecule has 2 rings (SSSR count). The van der Waals surface area contributed by atoms with Gasteiger partial charge in [-0.2, -0.15) is 13.2 Å². The Balaban J connectivity index is 2.81.